The van der Waals surface area contributed by atoms with Crippen molar-refractivity contribution in [3.05, 3.63) is 34.3 Å². The van der Waals surface area contributed by atoms with Gasteiger partial charge in [-0.15, -0.1) is 0 Å². The molecule has 1 aromatic rings. The third-order valence-corrected chi connectivity index (χ3v) is 2.98. The molecule has 0 radical (unpaired) electrons. The van der Waals surface area contributed by atoms with Gasteiger partial charge in [0.15, 0.2) is 0 Å². The predicted molar refractivity (Wildman–Crippen MR) is 78.7 cm³/mol. The number of amides is 2. The average Bonchev–Trinajstić information content (AvgIpc) is 2.38. The second-order valence-electron chi connectivity index (χ2n) is 4.20. The summed E-state index contributed by atoms with van der Waals surface area (Å²) in [6.45, 7) is 0.956. The van der Waals surface area contributed by atoms with Gasteiger partial charge in [-0.3, -0.25) is 9.59 Å². The van der Waals surface area contributed by atoms with E-state index in [1.54, 1.807) is 6.07 Å². The van der Waals surface area contributed by atoms with Gasteiger partial charge in [-0.2, -0.15) is 5.26 Å². The highest BCUT2D eigenvalue weighted by atomic mass is 79.9. The number of rotatable bonds is 7. The van der Waals surface area contributed by atoms with Gasteiger partial charge in [0, 0.05) is 17.6 Å². The molecule has 20 heavy (non-hydrogen) atoms. The van der Waals surface area contributed by atoms with E-state index in [0.717, 1.165) is 10.0 Å². The molecule has 0 aliphatic rings. The van der Waals surface area contributed by atoms with Crippen LogP contribution in [0.15, 0.2) is 28.7 Å². The number of benzene rings is 1. The first-order chi connectivity index (χ1) is 9.61. The third kappa shape index (κ3) is 6.90. The number of hydrogen-bond acceptors (Lipinski definition) is 3. The molecule has 0 heterocycles. The zero-order valence-corrected chi connectivity index (χ0v) is 12.6. The van der Waals surface area contributed by atoms with Gasteiger partial charge in [0.2, 0.25) is 11.8 Å². The monoisotopic (exact) mass is 337 g/mol. The van der Waals surface area contributed by atoms with Crippen LogP contribution in [0.2, 0.25) is 0 Å². The van der Waals surface area contributed by atoms with Crippen molar-refractivity contribution in [3.63, 3.8) is 0 Å². The lowest BCUT2D eigenvalue weighted by Gasteiger charge is -2.06. The van der Waals surface area contributed by atoms with Crippen LogP contribution in [0, 0.1) is 11.3 Å². The number of carbonyl (C=O) groups is 2. The number of nitriles is 1. The molecule has 106 valence electrons. The predicted octanol–water partition coefficient (Wildman–Crippen LogP) is 1.53. The molecule has 1 aromatic carbocycles. The van der Waals surface area contributed by atoms with Gasteiger partial charge in [-0.05, 0) is 24.1 Å². The van der Waals surface area contributed by atoms with Gasteiger partial charge in [0.05, 0.1) is 12.5 Å². The molecule has 0 bridgehead atoms. The van der Waals surface area contributed by atoms with E-state index in [2.05, 4.69) is 26.6 Å². The minimum absolute atomic E-state index is 0.0496. The van der Waals surface area contributed by atoms with Crippen LogP contribution in [0.4, 0.5) is 0 Å². The second kappa shape index (κ2) is 9.10. The Hall–Kier alpha value is -1.87. The molecule has 0 atom stereocenters. The minimum atomic E-state index is -0.284. The molecule has 1 rings (SSSR count). The lowest BCUT2D eigenvalue weighted by Crippen LogP contribution is -2.30. The van der Waals surface area contributed by atoms with Crippen molar-refractivity contribution < 1.29 is 9.59 Å². The van der Waals surface area contributed by atoms with E-state index in [1.807, 2.05) is 24.3 Å². The fourth-order valence-electron chi connectivity index (χ4n) is 1.57. The summed E-state index contributed by atoms with van der Waals surface area (Å²) < 4.78 is 0.947. The van der Waals surface area contributed by atoms with Crippen molar-refractivity contribution in [1.82, 2.24) is 10.6 Å². The molecule has 0 unspecified atom stereocenters. The Balaban J connectivity index is 2.15. The average molecular weight is 338 g/mol. The summed E-state index contributed by atoms with van der Waals surface area (Å²) >= 11 is 3.36. The Morgan fingerprint density at radius 2 is 1.90 bits per heavy atom. The van der Waals surface area contributed by atoms with E-state index in [0.29, 0.717) is 25.9 Å². The molecule has 0 aromatic heterocycles. The van der Waals surface area contributed by atoms with Crippen LogP contribution in [0.5, 0.6) is 0 Å². The van der Waals surface area contributed by atoms with Gasteiger partial charge in [-0.1, -0.05) is 28.1 Å². The lowest BCUT2D eigenvalue weighted by molar-refractivity contribution is -0.120. The van der Waals surface area contributed by atoms with Crippen LogP contribution in [0.25, 0.3) is 0 Å². The fraction of sp³-hybridized carbons (Fsp3) is 0.357. The molecule has 0 aliphatic carbocycles. The summed E-state index contributed by atoms with van der Waals surface area (Å²) in [6.07, 6.45) is 0.844. The van der Waals surface area contributed by atoms with Crippen molar-refractivity contribution in [2.75, 3.05) is 13.1 Å². The quantitative estimate of drug-likeness (QED) is 0.740. The molecule has 0 spiro atoms. The van der Waals surface area contributed by atoms with Gasteiger partial charge >= 0.3 is 0 Å². The summed E-state index contributed by atoms with van der Waals surface area (Å²) in [4.78, 5) is 22.7. The lowest BCUT2D eigenvalue weighted by atomic mass is 10.1. The van der Waals surface area contributed by atoms with E-state index < -0.39 is 0 Å². The second-order valence-corrected chi connectivity index (χ2v) is 5.11. The molecule has 5 nitrogen and oxygen atoms in total. The Bertz CT molecular complexity index is 511. The molecule has 0 saturated carbocycles. The van der Waals surface area contributed by atoms with Crippen LogP contribution < -0.4 is 10.6 Å². The fourth-order valence-corrected chi connectivity index (χ4v) is 2.02. The van der Waals surface area contributed by atoms with E-state index in [4.69, 9.17) is 5.26 Å². The SMILES string of the molecule is N#CCC(=O)NCCCNC(=O)Cc1cccc(Br)c1. The maximum absolute atomic E-state index is 11.7. The summed E-state index contributed by atoms with van der Waals surface area (Å²) in [7, 11) is 0. The maximum Gasteiger partial charge on any atom is 0.234 e. The van der Waals surface area contributed by atoms with Crippen molar-refractivity contribution in [1.29, 1.82) is 5.26 Å². The summed E-state index contributed by atoms with van der Waals surface area (Å²) in [5.41, 5.74) is 0.944. The topological polar surface area (TPSA) is 82.0 Å². The standard InChI is InChI=1S/C14H16BrN3O2/c15-12-4-1-3-11(9-12)10-14(20)18-8-2-7-17-13(19)5-6-16/h1,3-4,9H,2,5,7-8,10H2,(H,17,19)(H,18,20). The number of carbonyl (C=O) groups excluding carboxylic acids is 2. The highest BCUT2D eigenvalue weighted by Gasteiger charge is 2.03. The van der Waals surface area contributed by atoms with Crippen LogP contribution in [-0.2, 0) is 16.0 Å². The maximum atomic E-state index is 11.7. The minimum Gasteiger partial charge on any atom is -0.356 e. The Kier molecular flexibility index (Phi) is 7.36. The molecule has 2 amide bonds. The first-order valence-corrected chi connectivity index (χ1v) is 7.06. The molecular formula is C14H16BrN3O2. The van der Waals surface area contributed by atoms with Crippen molar-refractivity contribution in [3.8, 4) is 6.07 Å². The van der Waals surface area contributed by atoms with Crippen molar-refractivity contribution >= 4 is 27.7 Å². The number of halogens is 1. The highest BCUT2D eigenvalue weighted by Crippen LogP contribution is 2.11. The third-order valence-electron chi connectivity index (χ3n) is 2.49. The zero-order chi connectivity index (χ0) is 14.8. The highest BCUT2D eigenvalue weighted by molar-refractivity contribution is 9.10. The van der Waals surface area contributed by atoms with Crippen LogP contribution in [-0.4, -0.2) is 24.9 Å². The van der Waals surface area contributed by atoms with Gasteiger partial charge in [0.25, 0.3) is 0 Å². The molecule has 0 aliphatic heterocycles. The Morgan fingerprint density at radius 1 is 1.20 bits per heavy atom. The summed E-state index contributed by atoms with van der Waals surface area (Å²) in [5, 5.41) is 13.7. The first kappa shape index (κ1) is 16.2. The number of hydrogen-bond donors (Lipinski definition) is 2. The van der Waals surface area contributed by atoms with E-state index in [-0.39, 0.29) is 18.2 Å². The van der Waals surface area contributed by atoms with Gasteiger partial charge in [0.1, 0.15) is 6.42 Å². The van der Waals surface area contributed by atoms with Crippen molar-refractivity contribution in [2.24, 2.45) is 0 Å². The van der Waals surface area contributed by atoms with Gasteiger partial charge in [-0.25, -0.2) is 0 Å². The molecule has 0 saturated heterocycles. The van der Waals surface area contributed by atoms with Gasteiger partial charge < -0.3 is 10.6 Å². The van der Waals surface area contributed by atoms with E-state index >= 15 is 0 Å². The zero-order valence-electron chi connectivity index (χ0n) is 11.0. The smallest absolute Gasteiger partial charge is 0.234 e. The normalized spacial score (nSPS) is 9.60. The molecular weight excluding hydrogens is 322 g/mol. The van der Waals surface area contributed by atoms with Crippen LogP contribution in [0.1, 0.15) is 18.4 Å². The van der Waals surface area contributed by atoms with E-state index in [1.165, 1.54) is 0 Å². The molecule has 6 heteroatoms. The summed E-state index contributed by atoms with van der Waals surface area (Å²) in [6, 6.07) is 9.37. The first-order valence-electron chi connectivity index (χ1n) is 6.26. The van der Waals surface area contributed by atoms with Crippen molar-refractivity contribution in [2.45, 2.75) is 19.3 Å². The van der Waals surface area contributed by atoms with E-state index in [9.17, 15) is 9.59 Å². The number of nitrogens with zero attached hydrogens (tertiary/aromatic N) is 1. The van der Waals surface area contributed by atoms with Crippen LogP contribution in [0.3, 0.4) is 0 Å². The summed E-state index contributed by atoms with van der Waals surface area (Å²) in [5.74, 6) is -0.334. The number of nitrogens with one attached hydrogen (secondary N) is 2. The largest absolute Gasteiger partial charge is 0.356 e. The van der Waals surface area contributed by atoms with Crippen LogP contribution >= 0.6 is 15.9 Å². The molecule has 0 fully saturated rings. The Morgan fingerprint density at radius 3 is 2.55 bits per heavy atom. The molecule has 2 N–H and O–H groups in total. The Labute approximate surface area is 126 Å².